The highest BCUT2D eigenvalue weighted by molar-refractivity contribution is 5.84. The number of carboxylic acids is 1. The molecule has 136 valence electrons. The van der Waals surface area contributed by atoms with Crippen molar-refractivity contribution in [3.05, 3.63) is 0 Å². The Labute approximate surface area is 142 Å². The van der Waals surface area contributed by atoms with Crippen molar-refractivity contribution in [3.63, 3.8) is 0 Å². The SMILES string of the molecule is CCCC(=O)NCC(=O)N1CCCC(N(CC(=O)O)C(C)=O)CC1. The maximum Gasteiger partial charge on any atom is 0.323 e. The van der Waals surface area contributed by atoms with Gasteiger partial charge in [-0.3, -0.25) is 19.2 Å². The fourth-order valence-corrected chi connectivity index (χ4v) is 2.88. The van der Waals surface area contributed by atoms with Crippen LogP contribution in [0.5, 0.6) is 0 Å². The van der Waals surface area contributed by atoms with E-state index in [1.165, 1.54) is 11.8 Å². The minimum Gasteiger partial charge on any atom is -0.480 e. The summed E-state index contributed by atoms with van der Waals surface area (Å²) < 4.78 is 0. The number of carbonyl (C=O) groups excluding carboxylic acids is 3. The topological polar surface area (TPSA) is 107 Å². The Hall–Kier alpha value is -2.12. The van der Waals surface area contributed by atoms with Crippen LogP contribution in [-0.2, 0) is 19.2 Å². The summed E-state index contributed by atoms with van der Waals surface area (Å²) >= 11 is 0. The van der Waals surface area contributed by atoms with E-state index in [2.05, 4.69) is 5.32 Å². The average Bonchev–Trinajstić information content (AvgIpc) is 2.76. The van der Waals surface area contributed by atoms with E-state index < -0.39 is 5.97 Å². The second-order valence-electron chi connectivity index (χ2n) is 6.03. The van der Waals surface area contributed by atoms with Crippen LogP contribution >= 0.6 is 0 Å². The first kappa shape index (κ1) is 19.9. The summed E-state index contributed by atoms with van der Waals surface area (Å²) in [6, 6.07) is -0.175. The molecule has 3 amide bonds. The van der Waals surface area contributed by atoms with Gasteiger partial charge in [0, 0.05) is 32.5 Å². The minimum absolute atomic E-state index is 0.0188. The molecule has 0 saturated carbocycles. The predicted molar refractivity (Wildman–Crippen MR) is 87.2 cm³/mol. The first-order valence-corrected chi connectivity index (χ1v) is 8.38. The minimum atomic E-state index is -1.04. The summed E-state index contributed by atoms with van der Waals surface area (Å²) in [5.74, 6) is -1.59. The van der Waals surface area contributed by atoms with Gasteiger partial charge in [0.1, 0.15) is 6.54 Å². The molecule has 24 heavy (non-hydrogen) atoms. The van der Waals surface area contributed by atoms with Crippen LogP contribution in [0, 0.1) is 0 Å². The molecule has 1 heterocycles. The van der Waals surface area contributed by atoms with Crippen molar-refractivity contribution in [2.24, 2.45) is 0 Å². The molecule has 1 rings (SSSR count). The number of carboxylic acid groups (broad SMARTS) is 1. The summed E-state index contributed by atoms with van der Waals surface area (Å²) in [4.78, 5) is 49.3. The zero-order valence-corrected chi connectivity index (χ0v) is 14.4. The standard InChI is InChI=1S/C16H27N3O5/c1-3-5-14(21)17-10-15(22)18-8-4-6-13(7-9-18)19(12(2)20)11-16(23)24/h13H,3-11H2,1-2H3,(H,17,21)(H,23,24). The molecule has 0 radical (unpaired) electrons. The molecule has 0 aliphatic carbocycles. The van der Waals surface area contributed by atoms with Gasteiger partial charge in [-0.15, -0.1) is 0 Å². The van der Waals surface area contributed by atoms with Gasteiger partial charge in [-0.25, -0.2) is 0 Å². The Bertz CT molecular complexity index is 480. The lowest BCUT2D eigenvalue weighted by Crippen LogP contribution is -2.43. The highest BCUT2D eigenvalue weighted by Gasteiger charge is 2.27. The van der Waals surface area contributed by atoms with Crippen molar-refractivity contribution in [1.82, 2.24) is 15.1 Å². The number of hydrogen-bond donors (Lipinski definition) is 2. The Balaban J connectivity index is 2.54. The average molecular weight is 341 g/mol. The van der Waals surface area contributed by atoms with E-state index in [4.69, 9.17) is 5.11 Å². The van der Waals surface area contributed by atoms with Crippen LogP contribution in [0.3, 0.4) is 0 Å². The van der Waals surface area contributed by atoms with Crippen molar-refractivity contribution < 1.29 is 24.3 Å². The van der Waals surface area contributed by atoms with Crippen LogP contribution in [0.25, 0.3) is 0 Å². The van der Waals surface area contributed by atoms with Gasteiger partial charge in [0.05, 0.1) is 6.54 Å². The largest absolute Gasteiger partial charge is 0.480 e. The van der Waals surface area contributed by atoms with E-state index >= 15 is 0 Å². The summed E-state index contributed by atoms with van der Waals surface area (Å²) in [7, 11) is 0. The van der Waals surface area contributed by atoms with Crippen molar-refractivity contribution in [3.8, 4) is 0 Å². The third-order valence-corrected chi connectivity index (χ3v) is 4.12. The van der Waals surface area contributed by atoms with E-state index in [1.54, 1.807) is 4.90 Å². The number of likely N-dealkylation sites (tertiary alicyclic amines) is 1. The number of carbonyl (C=O) groups is 4. The first-order valence-electron chi connectivity index (χ1n) is 8.38. The summed E-state index contributed by atoms with van der Waals surface area (Å²) in [5.41, 5.74) is 0. The molecule has 0 spiro atoms. The van der Waals surface area contributed by atoms with Crippen molar-refractivity contribution in [1.29, 1.82) is 0 Å². The fraction of sp³-hybridized carbons (Fsp3) is 0.750. The number of nitrogens with one attached hydrogen (secondary N) is 1. The van der Waals surface area contributed by atoms with E-state index in [-0.39, 0.29) is 36.9 Å². The number of aliphatic carboxylic acids is 1. The van der Waals surface area contributed by atoms with E-state index in [0.29, 0.717) is 38.8 Å². The van der Waals surface area contributed by atoms with Crippen LogP contribution in [0.4, 0.5) is 0 Å². The molecule has 1 atom stereocenters. The van der Waals surface area contributed by atoms with Crippen molar-refractivity contribution in [2.75, 3.05) is 26.2 Å². The molecule has 1 unspecified atom stereocenters. The number of hydrogen-bond acceptors (Lipinski definition) is 4. The Morgan fingerprint density at radius 2 is 1.92 bits per heavy atom. The lowest BCUT2D eigenvalue weighted by atomic mass is 10.1. The van der Waals surface area contributed by atoms with Crippen LogP contribution in [0.2, 0.25) is 0 Å². The van der Waals surface area contributed by atoms with Gasteiger partial charge in [0.2, 0.25) is 17.7 Å². The lowest BCUT2D eigenvalue weighted by Gasteiger charge is -2.28. The highest BCUT2D eigenvalue weighted by Crippen LogP contribution is 2.17. The monoisotopic (exact) mass is 341 g/mol. The van der Waals surface area contributed by atoms with Gasteiger partial charge in [0.15, 0.2) is 0 Å². The summed E-state index contributed by atoms with van der Waals surface area (Å²) in [5, 5.41) is 11.5. The van der Waals surface area contributed by atoms with Gasteiger partial charge < -0.3 is 20.2 Å². The molecule has 2 N–H and O–H groups in total. The molecule has 0 aromatic heterocycles. The molecule has 8 heteroatoms. The summed E-state index contributed by atoms with van der Waals surface area (Å²) in [6.07, 6.45) is 3.04. The molecule has 1 fully saturated rings. The molecule has 8 nitrogen and oxygen atoms in total. The third kappa shape index (κ3) is 6.55. The lowest BCUT2D eigenvalue weighted by molar-refractivity contribution is -0.145. The molecule has 0 aromatic rings. The van der Waals surface area contributed by atoms with Crippen molar-refractivity contribution >= 4 is 23.7 Å². The molecular weight excluding hydrogens is 314 g/mol. The van der Waals surface area contributed by atoms with E-state index in [0.717, 1.165) is 6.42 Å². The van der Waals surface area contributed by atoms with Crippen LogP contribution in [0.15, 0.2) is 0 Å². The molecule has 0 bridgehead atoms. The Kier molecular flexibility index (Phi) is 8.21. The van der Waals surface area contributed by atoms with E-state index in [9.17, 15) is 19.2 Å². The van der Waals surface area contributed by atoms with Gasteiger partial charge in [0.25, 0.3) is 0 Å². The Morgan fingerprint density at radius 1 is 1.21 bits per heavy atom. The van der Waals surface area contributed by atoms with Crippen molar-refractivity contribution in [2.45, 2.75) is 52.0 Å². The molecule has 1 aliphatic rings. The van der Waals surface area contributed by atoms with Crippen LogP contribution < -0.4 is 5.32 Å². The quantitative estimate of drug-likeness (QED) is 0.689. The van der Waals surface area contributed by atoms with Crippen LogP contribution in [0.1, 0.15) is 46.0 Å². The van der Waals surface area contributed by atoms with E-state index in [1.807, 2.05) is 6.92 Å². The number of nitrogens with zero attached hydrogens (tertiary/aromatic N) is 2. The van der Waals surface area contributed by atoms with Gasteiger partial charge in [-0.05, 0) is 25.7 Å². The molecule has 1 saturated heterocycles. The van der Waals surface area contributed by atoms with Gasteiger partial charge in [-0.1, -0.05) is 6.92 Å². The zero-order valence-electron chi connectivity index (χ0n) is 14.4. The summed E-state index contributed by atoms with van der Waals surface area (Å²) in [6.45, 7) is 3.93. The smallest absolute Gasteiger partial charge is 0.323 e. The second-order valence-corrected chi connectivity index (χ2v) is 6.03. The first-order chi connectivity index (χ1) is 11.3. The molecule has 1 aliphatic heterocycles. The highest BCUT2D eigenvalue weighted by atomic mass is 16.4. The predicted octanol–water partition coefficient (Wildman–Crippen LogP) is 0.217. The normalized spacial score (nSPS) is 17.8. The molecule has 0 aromatic carbocycles. The maximum absolute atomic E-state index is 12.2. The van der Waals surface area contributed by atoms with Gasteiger partial charge >= 0.3 is 5.97 Å². The van der Waals surface area contributed by atoms with Gasteiger partial charge in [-0.2, -0.15) is 0 Å². The maximum atomic E-state index is 12.2. The molecular formula is C16H27N3O5. The third-order valence-electron chi connectivity index (χ3n) is 4.12. The Morgan fingerprint density at radius 3 is 2.50 bits per heavy atom. The van der Waals surface area contributed by atoms with Crippen LogP contribution in [-0.4, -0.2) is 70.8 Å². The zero-order chi connectivity index (χ0) is 18.1. The number of amides is 3. The number of rotatable bonds is 7. The fourth-order valence-electron chi connectivity index (χ4n) is 2.88. The second kappa shape index (κ2) is 9.89.